The fraction of sp³-hybridized carbons (Fsp3) is 0.667. The molecule has 3 atom stereocenters. The van der Waals surface area contributed by atoms with Gasteiger partial charge in [0.05, 0.1) is 26.4 Å². The molecule has 5 heteroatoms. The lowest BCUT2D eigenvalue weighted by Crippen LogP contribution is -2.49. The van der Waals surface area contributed by atoms with Crippen molar-refractivity contribution in [3.05, 3.63) is 35.9 Å². The number of fused-ring (bicyclic) bond motifs is 1. The van der Waals surface area contributed by atoms with E-state index in [1.807, 2.05) is 12.1 Å². The van der Waals surface area contributed by atoms with Crippen LogP contribution in [0.1, 0.15) is 26.7 Å². The summed E-state index contributed by atoms with van der Waals surface area (Å²) >= 11 is 0. The van der Waals surface area contributed by atoms with Gasteiger partial charge in [-0.2, -0.15) is 0 Å². The molecule has 5 nitrogen and oxygen atoms in total. The van der Waals surface area contributed by atoms with E-state index in [2.05, 4.69) is 41.9 Å². The highest BCUT2D eigenvalue weighted by Gasteiger charge is 2.50. The summed E-state index contributed by atoms with van der Waals surface area (Å²) < 4.78 is 11.2. The number of ether oxygens (including phenoxy) is 2. The first kappa shape index (κ1) is 20.7. The van der Waals surface area contributed by atoms with E-state index in [4.69, 9.17) is 9.47 Å². The van der Waals surface area contributed by atoms with Gasteiger partial charge in [0.2, 0.25) is 0 Å². The maximum atomic E-state index is 10.4. The first-order chi connectivity index (χ1) is 14.0. The molecule has 0 aromatic heterocycles. The molecule has 0 amide bonds. The molecule has 0 unspecified atom stereocenters. The molecule has 3 aliphatic carbocycles. The molecule has 2 bridgehead atoms. The molecule has 4 aliphatic rings. The predicted molar refractivity (Wildman–Crippen MR) is 117 cm³/mol. The number of methoxy groups -OCH3 is 1. The van der Waals surface area contributed by atoms with E-state index in [-0.39, 0.29) is 0 Å². The van der Waals surface area contributed by atoms with Gasteiger partial charge < -0.3 is 19.5 Å². The van der Waals surface area contributed by atoms with Crippen LogP contribution in [0.15, 0.2) is 35.9 Å². The Kier molecular flexibility index (Phi) is 6.19. The Morgan fingerprint density at radius 1 is 1.21 bits per heavy atom. The van der Waals surface area contributed by atoms with Gasteiger partial charge in [-0.3, -0.25) is 4.90 Å². The standard InChI is InChI=1S/C24H36N2O3/c1-24(2)19-8-7-18(23(24)13-19)16-29-17-21(27)15-25-9-11-26(12-10-25)20-5-4-6-22(14-20)28-3/h4-7,14,19,21,23,27H,8-13,15-17H2,1-3H3/t19-,21+,23-/m0/s1. The Bertz CT molecular complexity index is 725. The number of nitrogens with zero attached hydrogens (tertiary/aromatic N) is 2. The molecule has 2 fully saturated rings. The van der Waals surface area contributed by atoms with Gasteiger partial charge in [0.15, 0.2) is 0 Å². The van der Waals surface area contributed by atoms with Crippen molar-refractivity contribution >= 4 is 5.69 Å². The lowest BCUT2D eigenvalue weighted by Gasteiger charge is -2.56. The average Bonchev–Trinajstić information content (AvgIpc) is 2.74. The van der Waals surface area contributed by atoms with Crippen LogP contribution >= 0.6 is 0 Å². The second-order valence-electron chi connectivity index (χ2n) is 9.48. The number of benzene rings is 1. The molecule has 5 rings (SSSR count). The molecule has 1 saturated heterocycles. The summed E-state index contributed by atoms with van der Waals surface area (Å²) in [7, 11) is 1.70. The fourth-order valence-electron chi connectivity index (χ4n) is 5.30. The van der Waals surface area contributed by atoms with Crippen LogP contribution in [0, 0.1) is 17.3 Å². The minimum absolute atomic E-state index is 0.421. The number of aliphatic hydroxyl groups is 1. The topological polar surface area (TPSA) is 45.2 Å². The molecule has 160 valence electrons. The van der Waals surface area contributed by atoms with Crippen molar-refractivity contribution in [2.75, 3.05) is 57.9 Å². The third-order valence-corrected chi connectivity index (χ3v) is 7.42. The summed E-state index contributed by atoms with van der Waals surface area (Å²) in [6.45, 7) is 10.4. The van der Waals surface area contributed by atoms with Crippen molar-refractivity contribution in [2.24, 2.45) is 17.3 Å². The monoisotopic (exact) mass is 400 g/mol. The Balaban J connectivity index is 1.17. The first-order valence-electron chi connectivity index (χ1n) is 11.0. The third-order valence-electron chi connectivity index (χ3n) is 7.42. The maximum Gasteiger partial charge on any atom is 0.120 e. The number of hydrogen-bond donors (Lipinski definition) is 1. The summed E-state index contributed by atoms with van der Waals surface area (Å²) in [6, 6.07) is 8.23. The highest BCUT2D eigenvalue weighted by molar-refractivity contribution is 5.51. The van der Waals surface area contributed by atoms with Gasteiger partial charge in [0, 0.05) is 44.5 Å². The maximum absolute atomic E-state index is 10.4. The zero-order chi connectivity index (χ0) is 20.4. The summed E-state index contributed by atoms with van der Waals surface area (Å²) in [5.74, 6) is 2.44. The number of aliphatic hydroxyl groups excluding tert-OH is 1. The van der Waals surface area contributed by atoms with Crippen molar-refractivity contribution in [3.8, 4) is 5.75 Å². The second kappa shape index (κ2) is 8.66. The molecule has 1 aliphatic heterocycles. The van der Waals surface area contributed by atoms with Crippen molar-refractivity contribution in [1.29, 1.82) is 0 Å². The number of hydrogen-bond acceptors (Lipinski definition) is 5. The van der Waals surface area contributed by atoms with Crippen LogP contribution in [0.25, 0.3) is 0 Å². The van der Waals surface area contributed by atoms with E-state index in [0.29, 0.717) is 31.1 Å². The van der Waals surface area contributed by atoms with E-state index in [1.165, 1.54) is 24.1 Å². The van der Waals surface area contributed by atoms with Crippen molar-refractivity contribution in [3.63, 3.8) is 0 Å². The molecule has 29 heavy (non-hydrogen) atoms. The fourth-order valence-corrected chi connectivity index (χ4v) is 5.30. The van der Waals surface area contributed by atoms with Gasteiger partial charge in [-0.25, -0.2) is 0 Å². The third kappa shape index (κ3) is 4.47. The molecular formula is C24H36N2O3. The summed E-state index contributed by atoms with van der Waals surface area (Å²) in [6.07, 6.45) is 4.48. The summed E-state index contributed by atoms with van der Waals surface area (Å²) in [5.41, 5.74) is 3.10. The lowest BCUT2D eigenvalue weighted by atomic mass is 9.49. The Labute approximate surface area is 175 Å². The van der Waals surface area contributed by atoms with Gasteiger partial charge in [-0.1, -0.05) is 26.0 Å². The van der Waals surface area contributed by atoms with Crippen molar-refractivity contribution in [1.82, 2.24) is 4.90 Å². The van der Waals surface area contributed by atoms with E-state index in [0.717, 1.165) is 37.8 Å². The second-order valence-corrected chi connectivity index (χ2v) is 9.48. The van der Waals surface area contributed by atoms with Crippen LogP contribution in [-0.2, 0) is 4.74 Å². The van der Waals surface area contributed by atoms with Crippen LogP contribution in [0.2, 0.25) is 0 Å². The zero-order valence-electron chi connectivity index (χ0n) is 18.1. The highest BCUT2D eigenvalue weighted by Crippen LogP contribution is 2.59. The average molecular weight is 401 g/mol. The predicted octanol–water partition coefficient (Wildman–Crippen LogP) is 3.19. The normalized spacial score (nSPS) is 27.2. The van der Waals surface area contributed by atoms with Crippen LogP contribution in [0.4, 0.5) is 5.69 Å². The van der Waals surface area contributed by atoms with Crippen LogP contribution in [0.5, 0.6) is 5.75 Å². The Hall–Kier alpha value is -1.56. The van der Waals surface area contributed by atoms with Crippen molar-refractivity contribution < 1.29 is 14.6 Å². The van der Waals surface area contributed by atoms with Crippen LogP contribution in [0.3, 0.4) is 0 Å². The zero-order valence-corrected chi connectivity index (χ0v) is 18.1. The molecule has 1 aromatic rings. The molecular weight excluding hydrogens is 364 g/mol. The summed E-state index contributed by atoms with van der Waals surface area (Å²) in [4.78, 5) is 4.72. The minimum Gasteiger partial charge on any atom is -0.497 e. The molecule has 0 spiro atoms. The molecule has 1 N–H and O–H groups in total. The molecule has 1 aromatic carbocycles. The number of rotatable bonds is 8. The van der Waals surface area contributed by atoms with E-state index >= 15 is 0 Å². The van der Waals surface area contributed by atoms with Gasteiger partial charge in [0.1, 0.15) is 5.75 Å². The molecule has 1 saturated carbocycles. The van der Waals surface area contributed by atoms with E-state index in [9.17, 15) is 5.11 Å². The number of β-amino-alcohol motifs (C(OH)–C–C–N with tert-alkyl or cyclic N) is 1. The van der Waals surface area contributed by atoms with E-state index < -0.39 is 6.10 Å². The Morgan fingerprint density at radius 3 is 2.69 bits per heavy atom. The number of piperazine rings is 1. The van der Waals surface area contributed by atoms with Gasteiger partial charge >= 0.3 is 0 Å². The van der Waals surface area contributed by atoms with Gasteiger partial charge in [0.25, 0.3) is 0 Å². The number of allylic oxidation sites excluding steroid dienone is 1. The molecule has 0 radical (unpaired) electrons. The van der Waals surface area contributed by atoms with Crippen molar-refractivity contribution in [2.45, 2.75) is 32.8 Å². The summed E-state index contributed by atoms with van der Waals surface area (Å²) in [5, 5.41) is 10.4. The number of anilines is 1. The minimum atomic E-state index is -0.426. The van der Waals surface area contributed by atoms with E-state index in [1.54, 1.807) is 7.11 Å². The first-order valence-corrected chi connectivity index (χ1v) is 11.0. The van der Waals surface area contributed by atoms with Crippen LogP contribution in [-0.4, -0.2) is 69.2 Å². The lowest BCUT2D eigenvalue weighted by molar-refractivity contribution is -0.0262. The Morgan fingerprint density at radius 2 is 2.00 bits per heavy atom. The SMILES string of the molecule is COc1cccc(N2CCN(C[C@@H](O)COCC3=CC[C@H]4C[C@@H]3C4(C)C)CC2)c1. The van der Waals surface area contributed by atoms with Crippen LogP contribution < -0.4 is 9.64 Å². The van der Waals surface area contributed by atoms with Gasteiger partial charge in [-0.05, 0) is 47.8 Å². The quantitative estimate of drug-likeness (QED) is 0.679. The smallest absolute Gasteiger partial charge is 0.120 e. The molecule has 1 heterocycles. The highest BCUT2D eigenvalue weighted by atomic mass is 16.5. The largest absolute Gasteiger partial charge is 0.497 e. The van der Waals surface area contributed by atoms with Gasteiger partial charge in [-0.15, -0.1) is 0 Å².